The molecule has 14 heavy (non-hydrogen) atoms. The van der Waals surface area contributed by atoms with Crippen molar-refractivity contribution in [1.29, 1.82) is 0 Å². The van der Waals surface area contributed by atoms with E-state index in [0.717, 1.165) is 4.48 Å². The number of allylic oxidation sites excluding steroid dienone is 1. The lowest BCUT2D eigenvalue weighted by Gasteiger charge is -2.04. The van der Waals surface area contributed by atoms with Crippen molar-refractivity contribution in [3.63, 3.8) is 0 Å². The zero-order valence-corrected chi connectivity index (χ0v) is 9.58. The molecule has 2 aromatic rings. The topological polar surface area (TPSA) is 0 Å². The Morgan fingerprint density at radius 2 is 1.79 bits per heavy atom. The smallest absolute Gasteiger partial charge is 0.0211 e. The number of fused-ring (bicyclic) bond motifs is 1. The van der Waals surface area contributed by atoms with Crippen LogP contribution in [0, 0.1) is 0 Å². The first-order valence-electron chi connectivity index (χ1n) is 4.63. The van der Waals surface area contributed by atoms with Crippen LogP contribution in [0.5, 0.6) is 0 Å². The Morgan fingerprint density at radius 3 is 2.57 bits per heavy atom. The summed E-state index contributed by atoms with van der Waals surface area (Å²) in [5.74, 6) is 0. The van der Waals surface area contributed by atoms with Gasteiger partial charge in [-0.3, -0.25) is 0 Å². The van der Waals surface area contributed by atoms with Crippen LogP contribution in [0.2, 0.25) is 0 Å². The molecule has 0 spiro atoms. The lowest BCUT2D eigenvalue weighted by atomic mass is 10.0. The van der Waals surface area contributed by atoms with Gasteiger partial charge < -0.3 is 0 Å². The maximum absolute atomic E-state index is 3.57. The molecular formula is C13H11Br. The lowest BCUT2D eigenvalue weighted by molar-refractivity contribution is 1.68. The second kappa shape index (κ2) is 3.97. The van der Waals surface area contributed by atoms with Crippen molar-refractivity contribution in [3.05, 3.63) is 54.1 Å². The summed E-state index contributed by atoms with van der Waals surface area (Å²) < 4.78 is 1.15. The van der Waals surface area contributed by atoms with E-state index in [9.17, 15) is 0 Å². The molecule has 0 fully saturated rings. The van der Waals surface area contributed by atoms with Gasteiger partial charge in [0, 0.05) is 4.48 Å². The molecule has 0 amide bonds. The quantitative estimate of drug-likeness (QED) is 0.691. The fourth-order valence-electron chi connectivity index (χ4n) is 1.59. The molecule has 0 aliphatic rings. The van der Waals surface area contributed by atoms with Crippen molar-refractivity contribution in [2.45, 2.75) is 6.92 Å². The third-order valence-electron chi connectivity index (χ3n) is 2.30. The summed E-state index contributed by atoms with van der Waals surface area (Å²) in [6, 6.07) is 14.8. The van der Waals surface area contributed by atoms with Crippen LogP contribution in [0.3, 0.4) is 0 Å². The zero-order valence-electron chi connectivity index (χ0n) is 8.00. The maximum atomic E-state index is 3.57. The van der Waals surface area contributed by atoms with Gasteiger partial charge in [0.25, 0.3) is 0 Å². The summed E-state index contributed by atoms with van der Waals surface area (Å²) in [5, 5.41) is 2.57. The van der Waals surface area contributed by atoms with Gasteiger partial charge in [0.15, 0.2) is 0 Å². The third kappa shape index (κ3) is 1.60. The molecule has 0 nitrogen and oxygen atoms in total. The van der Waals surface area contributed by atoms with Crippen molar-refractivity contribution >= 4 is 31.2 Å². The number of rotatable bonds is 1. The molecule has 0 saturated carbocycles. The van der Waals surface area contributed by atoms with E-state index in [4.69, 9.17) is 0 Å². The van der Waals surface area contributed by atoms with E-state index in [1.165, 1.54) is 16.3 Å². The molecule has 0 aliphatic heterocycles. The minimum Gasteiger partial charge on any atom is -0.0728 e. The van der Waals surface area contributed by atoms with Gasteiger partial charge in [-0.2, -0.15) is 0 Å². The summed E-state index contributed by atoms with van der Waals surface area (Å²) in [4.78, 5) is 0. The molecule has 2 aromatic carbocycles. The highest BCUT2D eigenvalue weighted by molar-refractivity contribution is 9.15. The molecule has 0 radical (unpaired) electrons. The SMILES string of the molecule is CC=C(Br)c1cccc2ccccc12. The monoisotopic (exact) mass is 246 g/mol. The van der Waals surface area contributed by atoms with E-state index >= 15 is 0 Å². The average Bonchev–Trinajstić information content (AvgIpc) is 2.27. The number of hydrogen-bond acceptors (Lipinski definition) is 0. The zero-order chi connectivity index (χ0) is 9.97. The molecule has 0 atom stereocenters. The molecule has 0 aliphatic carbocycles. The number of benzene rings is 2. The largest absolute Gasteiger partial charge is 0.0728 e. The fourth-order valence-corrected chi connectivity index (χ4v) is 1.93. The molecule has 0 heterocycles. The van der Waals surface area contributed by atoms with Crippen LogP contribution in [0.1, 0.15) is 12.5 Å². The van der Waals surface area contributed by atoms with E-state index in [0.29, 0.717) is 0 Å². The Kier molecular flexibility index (Phi) is 2.69. The standard InChI is InChI=1S/C13H11Br/c1-2-13(14)12-9-5-7-10-6-3-4-8-11(10)12/h2-9H,1H3. The lowest BCUT2D eigenvalue weighted by Crippen LogP contribution is -1.80. The van der Waals surface area contributed by atoms with Crippen molar-refractivity contribution in [2.75, 3.05) is 0 Å². The summed E-state index contributed by atoms with van der Waals surface area (Å²) in [6.45, 7) is 2.03. The van der Waals surface area contributed by atoms with Crippen molar-refractivity contribution in [2.24, 2.45) is 0 Å². The van der Waals surface area contributed by atoms with E-state index in [2.05, 4.69) is 64.5 Å². The number of hydrogen-bond donors (Lipinski definition) is 0. The fraction of sp³-hybridized carbons (Fsp3) is 0.0769. The summed E-state index contributed by atoms with van der Waals surface area (Å²) >= 11 is 3.57. The molecule has 1 heteroatoms. The van der Waals surface area contributed by atoms with Crippen molar-refractivity contribution in [1.82, 2.24) is 0 Å². The Bertz CT molecular complexity index is 478. The van der Waals surface area contributed by atoms with Gasteiger partial charge in [-0.15, -0.1) is 0 Å². The molecule has 0 N–H and O–H groups in total. The maximum Gasteiger partial charge on any atom is 0.0211 e. The molecule has 70 valence electrons. The minimum absolute atomic E-state index is 1.15. The summed E-state index contributed by atoms with van der Waals surface area (Å²) in [5.41, 5.74) is 1.26. The van der Waals surface area contributed by atoms with Gasteiger partial charge in [-0.25, -0.2) is 0 Å². The van der Waals surface area contributed by atoms with E-state index in [-0.39, 0.29) is 0 Å². The van der Waals surface area contributed by atoms with Crippen molar-refractivity contribution < 1.29 is 0 Å². The highest BCUT2D eigenvalue weighted by Gasteiger charge is 2.01. The average molecular weight is 247 g/mol. The molecule has 0 unspecified atom stereocenters. The van der Waals surface area contributed by atoms with Gasteiger partial charge in [-0.1, -0.05) is 64.5 Å². The minimum atomic E-state index is 1.15. The van der Waals surface area contributed by atoms with Crippen LogP contribution in [0.15, 0.2) is 48.5 Å². The van der Waals surface area contributed by atoms with Gasteiger partial charge in [0.2, 0.25) is 0 Å². The van der Waals surface area contributed by atoms with Crippen molar-refractivity contribution in [3.8, 4) is 0 Å². The van der Waals surface area contributed by atoms with E-state index in [1.807, 2.05) is 6.92 Å². The first-order chi connectivity index (χ1) is 6.83. The van der Waals surface area contributed by atoms with Gasteiger partial charge in [-0.05, 0) is 23.3 Å². The van der Waals surface area contributed by atoms with Crippen LogP contribution in [-0.2, 0) is 0 Å². The summed E-state index contributed by atoms with van der Waals surface area (Å²) in [6.07, 6.45) is 2.07. The first-order valence-corrected chi connectivity index (χ1v) is 5.42. The Balaban J connectivity index is 2.77. The van der Waals surface area contributed by atoms with Gasteiger partial charge >= 0.3 is 0 Å². The highest BCUT2D eigenvalue weighted by atomic mass is 79.9. The Labute approximate surface area is 92.4 Å². The molecule has 0 aromatic heterocycles. The molecular weight excluding hydrogens is 236 g/mol. The Morgan fingerprint density at radius 1 is 1.07 bits per heavy atom. The second-order valence-electron chi connectivity index (χ2n) is 3.16. The van der Waals surface area contributed by atoms with E-state index < -0.39 is 0 Å². The van der Waals surface area contributed by atoms with Crippen LogP contribution in [0.4, 0.5) is 0 Å². The normalized spacial score (nSPS) is 12.0. The van der Waals surface area contributed by atoms with Crippen LogP contribution >= 0.6 is 15.9 Å². The van der Waals surface area contributed by atoms with Gasteiger partial charge in [0.1, 0.15) is 0 Å². The predicted octanol–water partition coefficient (Wildman–Crippen LogP) is 4.60. The summed E-state index contributed by atoms with van der Waals surface area (Å²) in [7, 11) is 0. The van der Waals surface area contributed by atoms with Gasteiger partial charge in [0.05, 0.1) is 0 Å². The molecule has 2 rings (SSSR count). The van der Waals surface area contributed by atoms with Crippen LogP contribution in [-0.4, -0.2) is 0 Å². The Hall–Kier alpha value is -1.08. The first kappa shape index (κ1) is 9.47. The third-order valence-corrected chi connectivity index (χ3v) is 3.19. The molecule has 0 saturated heterocycles. The van der Waals surface area contributed by atoms with Crippen LogP contribution < -0.4 is 0 Å². The number of halogens is 1. The van der Waals surface area contributed by atoms with Crippen LogP contribution in [0.25, 0.3) is 15.3 Å². The predicted molar refractivity (Wildman–Crippen MR) is 66.5 cm³/mol. The van der Waals surface area contributed by atoms with E-state index in [1.54, 1.807) is 0 Å². The second-order valence-corrected chi connectivity index (χ2v) is 4.02. The highest BCUT2D eigenvalue weighted by Crippen LogP contribution is 2.28. The molecule has 0 bridgehead atoms.